The fourth-order valence-corrected chi connectivity index (χ4v) is 3.26. The molecule has 0 aliphatic heterocycles. The topological polar surface area (TPSA) is 82.8 Å². The van der Waals surface area contributed by atoms with Gasteiger partial charge < -0.3 is 25.3 Å². The third-order valence-corrected chi connectivity index (χ3v) is 4.71. The fourth-order valence-electron chi connectivity index (χ4n) is 3.26. The highest BCUT2D eigenvalue weighted by Crippen LogP contribution is 2.29. The van der Waals surface area contributed by atoms with Gasteiger partial charge in [-0.25, -0.2) is 0 Å². The van der Waals surface area contributed by atoms with Crippen LogP contribution in [0.5, 0.6) is 17.2 Å². The lowest BCUT2D eigenvalue weighted by Crippen LogP contribution is -2.22. The molecule has 0 radical (unpaired) electrons. The largest absolute Gasteiger partial charge is 0.493 e. The van der Waals surface area contributed by atoms with Gasteiger partial charge in [0.25, 0.3) is 5.91 Å². The van der Waals surface area contributed by atoms with Gasteiger partial charge in [-0.2, -0.15) is 0 Å². The molecular weight excluding hydrogens is 368 g/mol. The first-order chi connectivity index (χ1) is 14.1. The second-order valence-corrected chi connectivity index (χ2v) is 6.63. The van der Waals surface area contributed by atoms with Crippen LogP contribution in [0.15, 0.2) is 54.6 Å². The Hall–Kier alpha value is -3.25. The van der Waals surface area contributed by atoms with Gasteiger partial charge in [0.15, 0.2) is 18.1 Å². The summed E-state index contributed by atoms with van der Waals surface area (Å²) < 4.78 is 16.3. The molecule has 0 aliphatic rings. The van der Waals surface area contributed by atoms with Crippen LogP contribution < -0.4 is 25.3 Å². The van der Waals surface area contributed by atoms with Gasteiger partial charge in [0.1, 0.15) is 5.75 Å². The maximum Gasteiger partial charge on any atom is 0.255 e. The molecule has 0 aliphatic carbocycles. The Morgan fingerprint density at radius 1 is 0.966 bits per heavy atom. The highest BCUT2D eigenvalue weighted by molar-refractivity contribution is 5.88. The summed E-state index contributed by atoms with van der Waals surface area (Å²) in [5.74, 6) is 1.61. The molecule has 6 heteroatoms. The molecule has 3 rings (SSSR count). The van der Waals surface area contributed by atoms with Crippen LogP contribution >= 0.6 is 0 Å². The fraction of sp³-hybridized carbons (Fsp3) is 0.261. The minimum atomic E-state index is -0.495. The number of amides is 1. The van der Waals surface area contributed by atoms with Crippen LogP contribution in [0.4, 0.5) is 0 Å². The number of fused-ring (bicyclic) bond motifs is 1. The molecule has 0 fully saturated rings. The highest BCUT2D eigenvalue weighted by Gasteiger charge is 2.10. The maximum atomic E-state index is 11.1. The summed E-state index contributed by atoms with van der Waals surface area (Å²) >= 11 is 0. The lowest BCUT2D eigenvalue weighted by atomic mass is 10.0. The predicted molar refractivity (Wildman–Crippen MR) is 114 cm³/mol. The summed E-state index contributed by atoms with van der Waals surface area (Å²) in [5.41, 5.74) is 7.40. The van der Waals surface area contributed by atoms with Crippen molar-refractivity contribution < 1.29 is 19.0 Å². The van der Waals surface area contributed by atoms with Gasteiger partial charge in [-0.1, -0.05) is 36.4 Å². The Kier molecular flexibility index (Phi) is 6.92. The number of carbonyl (C=O) groups excluding carboxylic acids is 1. The number of ether oxygens (including phenoxy) is 3. The number of hydrogen-bond acceptors (Lipinski definition) is 5. The minimum absolute atomic E-state index is 0.142. The molecule has 0 spiro atoms. The Morgan fingerprint density at radius 2 is 1.72 bits per heavy atom. The number of rotatable bonds is 10. The zero-order chi connectivity index (χ0) is 20.6. The normalized spacial score (nSPS) is 10.7. The first-order valence-corrected chi connectivity index (χ1v) is 9.45. The van der Waals surface area contributed by atoms with Crippen molar-refractivity contribution in [3.8, 4) is 17.2 Å². The zero-order valence-electron chi connectivity index (χ0n) is 16.7. The summed E-state index contributed by atoms with van der Waals surface area (Å²) in [7, 11) is 3.26. The van der Waals surface area contributed by atoms with Crippen molar-refractivity contribution in [2.24, 2.45) is 5.73 Å². The van der Waals surface area contributed by atoms with E-state index in [9.17, 15) is 4.79 Å². The van der Waals surface area contributed by atoms with Crippen molar-refractivity contribution in [3.05, 3.63) is 65.7 Å². The van der Waals surface area contributed by atoms with E-state index in [1.807, 2.05) is 42.5 Å². The third-order valence-electron chi connectivity index (χ3n) is 4.71. The Morgan fingerprint density at radius 3 is 2.48 bits per heavy atom. The van der Waals surface area contributed by atoms with E-state index >= 15 is 0 Å². The van der Waals surface area contributed by atoms with E-state index in [-0.39, 0.29) is 6.61 Å². The van der Waals surface area contributed by atoms with Crippen LogP contribution in [0.3, 0.4) is 0 Å². The molecule has 0 bridgehead atoms. The SMILES string of the molecule is COc1ccc(CCNCc2c(OCC(N)=O)ccc3ccccc23)cc1OC. The minimum Gasteiger partial charge on any atom is -0.493 e. The van der Waals surface area contributed by atoms with E-state index in [1.54, 1.807) is 14.2 Å². The molecule has 6 nitrogen and oxygen atoms in total. The average molecular weight is 394 g/mol. The Labute approximate surface area is 170 Å². The first-order valence-electron chi connectivity index (χ1n) is 9.45. The molecular formula is C23H26N2O4. The molecule has 0 saturated carbocycles. The summed E-state index contributed by atoms with van der Waals surface area (Å²) in [6.45, 7) is 1.24. The summed E-state index contributed by atoms with van der Waals surface area (Å²) in [6, 6.07) is 17.9. The molecule has 0 saturated heterocycles. The van der Waals surface area contributed by atoms with Gasteiger partial charge >= 0.3 is 0 Å². The highest BCUT2D eigenvalue weighted by atomic mass is 16.5. The molecule has 3 aromatic carbocycles. The molecule has 29 heavy (non-hydrogen) atoms. The smallest absolute Gasteiger partial charge is 0.255 e. The van der Waals surface area contributed by atoms with E-state index in [1.165, 1.54) is 0 Å². The van der Waals surface area contributed by atoms with Crippen molar-refractivity contribution in [2.45, 2.75) is 13.0 Å². The van der Waals surface area contributed by atoms with Crippen LogP contribution in [0.2, 0.25) is 0 Å². The second kappa shape index (κ2) is 9.80. The van der Waals surface area contributed by atoms with Crippen LogP contribution in [0.1, 0.15) is 11.1 Å². The first kappa shape index (κ1) is 20.5. The quantitative estimate of drug-likeness (QED) is 0.517. The number of hydrogen-bond donors (Lipinski definition) is 2. The van der Waals surface area contributed by atoms with Crippen LogP contribution in [-0.2, 0) is 17.8 Å². The van der Waals surface area contributed by atoms with Crippen LogP contribution in [0.25, 0.3) is 10.8 Å². The maximum absolute atomic E-state index is 11.1. The van der Waals surface area contributed by atoms with Crippen molar-refractivity contribution in [1.29, 1.82) is 0 Å². The molecule has 3 aromatic rings. The van der Waals surface area contributed by atoms with Gasteiger partial charge in [0.2, 0.25) is 0 Å². The van der Waals surface area contributed by atoms with Crippen molar-refractivity contribution in [3.63, 3.8) is 0 Å². The molecule has 152 valence electrons. The van der Waals surface area contributed by atoms with Gasteiger partial charge in [-0.15, -0.1) is 0 Å². The molecule has 0 unspecified atom stereocenters. The van der Waals surface area contributed by atoms with E-state index in [0.717, 1.165) is 46.4 Å². The van der Waals surface area contributed by atoms with E-state index in [4.69, 9.17) is 19.9 Å². The molecule has 0 aromatic heterocycles. The van der Waals surface area contributed by atoms with Crippen molar-refractivity contribution >= 4 is 16.7 Å². The number of nitrogens with one attached hydrogen (secondary N) is 1. The van der Waals surface area contributed by atoms with E-state index < -0.39 is 5.91 Å². The summed E-state index contributed by atoms with van der Waals surface area (Å²) in [4.78, 5) is 11.1. The van der Waals surface area contributed by atoms with Crippen LogP contribution in [-0.4, -0.2) is 33.3 Å². The van der Waals surface area contributed by atoms with Crippen LogP contribution in [0, 0.1) is 0 Å². The number of primary amides is 1. The monoisotopic (exact) mass is 394 g/mol. The number of carbonyl (C=O) groups is 1. The van der Waals surface area contributed by atoms with Gasteiger partial charge in [0.05, 0.1) is 14.2 Å². The van der Waals surface area contributed by atoms with Crippen molar-refractivity contribution in [1.82, 2.24) is 5.32 Å². The van der Waals surface area contributed by atoms with Gasteiger partial charge in [-0.3, -0.25) is 4.79 Å². The molecule has 0 heterocycles. The van der Waals surface area contributed by atoms with Crippen molar-refractivity contribution in [2.75, 3.05) is 27.4 Å². The lowest BCUT2D eigenvalue weighted by Gasteiger charge is -2.15. The molecule has 1 amide bonds. The number of benzene rings is 3. The number of methoxy groups -OCH3 is 2. The Balaban J connectivity index is 1.69. The lowest BCUT2D eigenvalue weighted by molar-refractivity contribution is -0.119. The molecule has 3 N–H and O–H groups in total. The van der Waals surface area contributed by atoms with Gasteiger partial charge in [-0.05, 0) is 47.5 Å². The summed E-state index contributed by atoms with van der Waals surface area (Å²) in [5, 5.41) is 5.68. The van der Waals surface area contributed by atoms with E-state index in [0.29, 0.717) is 12.3 Å². The predicted octanol–water partition coefficient (Wildman–Crippen LogP) is 3.05. The standard InChI is InChI=1S/C23H26N2O4/c1-27-21-9-7-16(13-22(21)28-2)11-12-25-14-19-18-6-4-3-5-17(18)8-10-20(19)29-15-23(24)26/h3-10,13,25H,11-12,14-15H2,1-2H3,(H2,24,26). The Bertz CT molecular complexity index is 988. The third kappa shape index (κ3) is 5.18. The van der Waals surface area contributed by atoms with Gasteiger partial charge in [0, 0.05) is 12.1 Å². The summed E-state index contributed by atoms with van der Waals surface area (Å²) in [6.07, 6.45) is 0.836. The zero-order valence-corrected chi connectivity index (χ0v) is 16.7. The average Bonchev–Trinajstić information content (AvgIpc) is 2.75. The molecule has 0 atom stereocenters. The second-order valence-electron chi connectivity index (χ2n) is 6.63. The number of nitrogens with two attached hydrogens (primary N) is 1. The van der Waals surface area contributed by atoms with E-state index in [2.05, 4.69) is 17.4 Å².